The molecule has 0 saturated carbocycles. The summed E-state index contributed by atoms with van der Waals surface area (Å²) in [5, 5.41) is 3.08. The molecule has 0 spiro atoms. The van der Waals surface area contributed by atoms with Gasteiger partial charge in [0.25, 0.3) is 0 Å². The molecule has 5 heteroatoms. The van der Waals surface area contributed by atoms with E-state index in [1.165, 1.54) is 0 Å². The second-order valence-corrected chi connectivity index (χ2v) is 6.98. The number of benzene rings is 1. The minimum atomic E-state index is 0.0267. The van der Waals surface area contributed by atoms with Crippen LogP contribution in [0.4, 0.5) is 10.5 Å². The number of nitrogens with one attached hydrogen (secondary N) is 1. The van der Waals surface area contributed by atoms with E-state index in [1.54, 1.807) is 11.8 Å². The van der Waals surface area contributed by atoms with Crippen molar-refractivity contribution in [3.63, 3.8) is 0 Å². The van der Waals surface area contributed by atoms with Gasteiger partial charge in [0.05, 0.1) is 5.69 Å². The van der Waals surface area contributed by atoms with Gasteiger partial charge in [-0.25, -0.2) is 4.79 Å². The molecule has 0 radical (unpaired) electrons. The minimum Gasteiger partial charge on any atom is -0.323 e. The van der Waals surface area contributed by atoms with Crippen molar-refractivity contribution in [3.05, 3.63) is 36.4 Å². The Labute approximate surface area is 136 Å². The number of rotatable bonds is 4. The molecule has 0 bridgehead atoms. The predicted octanol–water partition coefficient (Wildman–Crippen LogP) is 3.28. The molecule has 0 aromatic heterocycles. The van der Waals surface area contributed by atoms with Gasteiger partial charge in [0, 0.05) is 37.1 Å². The Balaban J connectivity index is 1.58. The van der Waals surface area contributed by atoms with Crippen molar-refractivity contribution in [1.29, 1.82) is 0 Å². The summed E-state index contributed by atoms with van der Waals surface area (Å²) in [7, 11) is 0. The molecule has 1 aromatic carbocycles. The van der Waals surface area contributed by atoms with Crippen LogP contribution >= 0.6 is 11.8 Å². The van der Waals surface area contributed by atoms with Crippen LogP contribution in [0, 0.1) is 0 Å². The third-order valence-electron chi connectivity index (χ3n) is 4.24. The van der Waals surface area contributed by atoms with Crippen LogP contribution in [0.1, 0.15) is 13.3 Å². The van der Waals surface area contributed by atoms with E-state index in [-0.39, 0.29) is 6.03 Å². The number of nitrogens with zero attached hydrogens (tertiary/aromatic N) is 2. The third-order valence-corrected chi connectivity index (χ3v) is 5.20. The van der Waals surface area contributed by atoms with Gasteiger partial charge in [-0.3, -0.25) is 4.90 Å². The number of thioether (sulfide) groups is 1. The summed E-state index contributed by atoms with van der Waals surface area (Å²) in [6.45, 7) is 5.84. The molecule has 3 rings (SSSR count). The normalized spacial score (nSPS) is 21.5. The maximum absolute atomic E-state index is 12.5. The van der Waals surface area contributed by atoms with Crippen molar-refractivity contribution in [2.24, 2.45) is 0 Å². The number of para-hydroxylation sites is 1. The van der Waals surface area contributed by atoms with Gasteiger partial charge in [0.15, 0.2) is 0 Å². The molecular formula is C17H23N3OS. The first-order valence-corrected chi connectivity index (χ1v) is 8.93. The first kappa shape index (κ1) is 15.4. The van der Waals surface area contributed by atoms with E-state index < -0.39 is 0 Å². The Morgan fingerprint density at radius 3 is 2.86 bits per heavy atom. The largest absolute Gasteiger partial charge is 0.323 e. The number of urea groups is 1. The molecule has 22 heavy (non-hydrogen) atoms. The van der Waals surface area contributed by atoms with Crippen LogP contribution < -0.4 is 5.32 Å². The van der Waals surface area contributed by atoms with Crippen molar-refractivity contribution in [2.45, 2.75) is 24.3 Å². The monoisotopic (exact) mass is 317 g/mol. The highest BCUT2D eigenvalue weighted by Gasteiger charge is 2.30. The quantitative estimate of drug-likeness (QED) is 0.684. The number of carbonyl (C=O) groups is 1. The number of amides is 2. The van der Waals surface area contributed by atoms with Gasteiger partial charge >= 0.3 is 6.03 Å². The molecule has 118 valence electrons. The molecule has 1 fully saturated rings. The maximum atomic E-state index is 12.5. The van der Waals surface area contributed by atoms with Crippen molar-refractivity contribution in [3.8, 4) is 0 Å². The molecule has 4 nitrogen and oxygen atoms in total. The zero-order valence-electron chi connectivity index (χ0n) is 13.0. The van der Waals surface area contributed by atoms with Gasteiger partial charge in [-0.1, -0.05) is 31.2 Å². The Morgan fingerprint density at radius 2 is 2.09 bits per heavy atom. The van der Waals surface area contributed by atoms with Crippen LogP contribution in [-0.4, -0.2) is 53.8 Å². The summed E-state index contributed by atoms with van der Waals surface area (Å²) in [5.74, 6) is 1.00. The van der Waals surface area contributed by atoms with Crippen molar-refractivity contribution in [1.82, 2.24) is 9.80 Å². The van der Waals surface area contributed by atoms with Crippen molar-refractivity contribution >= 4 is 23.5 Å². The molecule has 2 aliphatic heterocycles. The zero-order valence-corrected chi connectivity index (χ0v) is 13.8. The van der Waals surface area contributed by atoms with Gasteiger partial charge in [-0.15, -0.1) is 11.8 Å². The van der Waals surface area contributed by atoms with Crippen LogP contribution in [0.15, 0.2) is 41.3 Å². The Morgan fingerprint density at radius 1 is 1.32 bits per heavy atom. The van der Waals surface area contributed by atoms with Crippen molar-refractivity contribution in [2.75, 3.05) is 37.2 Å². The van der Waals surface area contributed by atoms with Crippen LogP contribution in [0.3, 0.4) is 0 Å². The molecule has 1 aromatic rings. The van der Waals surface area contributed by atoms with Crippen LogP contribution in [0.25, 0.3) is 0 Å². The topological polar surface area (TPSA) is 35.6 Å². The number of hydrogen-bond acceptors (Lipinski definition) is 3. The molecule has 0 aliphatic carbocycles. The molecule has 1 atom stereocenters. The fourth-order valence-electron chi connectivity index (χ4n) is 3.06. The number of anilines is 1. The third kappa shape index (κ3) is 3.47. The summed E-state index contributed by atoms with van der Waals surface area (Å²) in [6, 6.07) is 8.55. The van der Waals surface area contributed by atoms with E-state index in [0.717, 1.165) is 48.9 Å². The van der Waals surface area contributed by atoms with Crippen LogP contribution in [0.2, 0.25) is 0 Å². The summed E-state index contributed by atoms with van der Waals surface area (Å²) in [6.07, 6.45) is 5.49. The number of carbonyl (C=O) groups excluding carboxylic acids is 1. The molecular weight excluding hydrogens is 294 g/mol. The standard InChI is InChI=1S/C17H23N3OS/c1-2-22-16-8-4-3-7-15(16)18-17(21)20-12-9-14(13-20)19-10-5-6-11-19/h3-8,14H,2,9-13H2,1H3,(H,18,21)/t14-/m1/s1. The summed E-state index contributed by atoms with van der Waals surface area (Å²) >= 11 is 1.76. The van der Waals surface area contributed by atoms with E-state index in [0.29, 0.717) is 6.04 Å². The Hall–Kier alpha value is -1.46. The molecule has 1 N–H and O–H groups in total. The lowest BCUT2D eigenvalue weighted by atomic mass is 10.2. The van der Waals surface area contributed by atoms with Gasteiger partial charge in [-0.2, -0.15) is 0 Å². The van der Waals surface area contributed by atoms with Crippen LogP contribution in [0.5, 0.6) is 0 Å². The molecule has 0 unspecified atom stereocenters. The second-order valence-electron chi connectivity index (χ2n) is 5.67. The highest BCUT2D eigenvalue weighted by molar-refractivity contribution is 7.99. The molecule has 2 heterocycles. The lowest BCUT2D eigenvalue weighted by Gasteiger charge is -2.24. The zero-order chi connectivity index (χ0) is 15.4. The van der Waals surface area contributed by atoms with Crippen LogP contribution in [-0.2, 0) is 0 Å². The smallest absolute Gasteiger partial charge is 0.321 e. The van der Waals surface area contributed by atoms with Gasteiger partial charge < -0.3 is 10.2 Å². The van der Waals surface area contributed by atoms with Gasteiger partial charge in [-0.05, 0) is 24.3 Å². The molecule has 1 saturated heterocycles. The minimum absolute atomic E-state index is 0.0267. The first-order valence-electron chi connectivity index (χ1n) is 7.94. The number of hydrogen-bond donors (Lipinski definition) is 1. The van der Waals surface area contributed by atoms with E-state index >= 15 is 0 Å². The highest BCUT2D eigenvalue weighted by Crippen LogP contribution is 2.27. The lowest BCUT2D eigenvalue weighted by molar-refractivity contribution is 0.212. The fourth-order valence-corrected chi connectivity index (χ4v) is 3.82. The van der Waals surface area contributed by atoms with Gasteiger partial charge in [0.1, 0.15) is 0 Å². The Bertz CT molecular complexity index is 553. The first-order chi connectivity index (χ1) is 10.8. The average molecular weight is 317 g/mol. The predicted molar refractivity (Wildman–Crippen MR) is 92.5 cm³/mol. The van der Waals surface area contributed by atoms with Gasteiger partial charge in [0.2, 0.25) is 0 Å². The molecule has 2 aliphatic rings. The highest BCUT2D eigenvalue weighted by atomic mass is 32.2. The summed E-state index contributed by atoms with van der Waals surface area (Å²) < 4.78 is 0. The van der Waals surface area contributed by atoms with E-state index in [2.05, 4.69) is 35.4 Å². The van der Waals surface area contributed by atoms with E-state index in [4.69, 9.17) is 0 Å². The van der Waals surface area contributed by atoms with E-state index in [1.807, 2.05) is 23.1 Å². The Kier molecular flexibility index (Phi) is 5.05. The molecule has 2 amide bonds. The second kappa shape index (κ2) is 7.20. The lowest BCUT2D eigenvalue weighted by Crippen LogP contribution is -2.39. The van der Waals surface area contributed by atoms with Crippen molar-refractivity contribution < 1.29 is 4.79 Å². The number of likely N-dealkylation sites (tertiary alicyclic amines) is 1. The van der Waals surface area contributed by atoms with E-state index in [9.17, 15) is 4.79 Å². The summed E-state index contributed by atoms with van der Waals surface area (Å²) in [5.41, 5.74) is 0.922. The maximum Gasteiger partial charge on any atom is 0.321 e. The fraction of sp³-hybridized carbons (Fsp3) is 0.471. The SMILES string of the molecule is CCSc1ccccc1NC(=O)N1CC[C@@H](N2CC=CC2)C1. The summed E-state index contributed by atoms with van der Waals surface area (Å²) in [4.78, 5) is 18.0. The average Bonchev–Trinajstić information content (AvgIpc) is 3.20.